The van der Waals surface area contributed by atoms with E-state index >= 15 is 0 Å². The number of fused-ring (bicyclic) bond motifs is 1. The molecule has 0 aliphatic rings. The minimum absolute atomic E-state index is 0.0451. The fourth-order valence-electron chi connectivity index (χ4n) is 2.36. The summed E-state index contributed by atoms with van der Waals surface area (Å²) in [5.41, 5.74) is 6.09. The smallest absolute Gasteiger partial charge is 0.262 e. The first-order valence-corrected chi connectivity index (χ1v) is 8.54. The van der Waals surface area contributed by atoms with E-state index in [0.29, 0.717) is 11.7 Å². The average molecular weight is 373 g/mol. The largest absolute Gasteiger partial charge is 0.497 e. The normalized spacial score (nSPS) is 12.0. The molecule has 138 valence electrons. The molecule has 1 atom stereocenters. The molecule has 0 aliphatic carbocycles. The van der Waals surface area contributed by atoms with Gasteiger partial charge in [0.05, 0.1) is 13.7 Å². The number of hydrazine groups is 1. The van der Waals surface area contributed by atoms with Crippen LogP contribution in [0.5, 0.6) is 5.75 Å². The highest BCUT2D eigenvalue weighted by molar-refractivity contribution is 7.80. The van der Waals surface area contributed by atoms with Crippen molar-refractivity contribution in [1.29, 1.82) is 0 Å². The molecule has 26 heavy (non-hydrogen) atoms. The summed E-state index contributed by atoms with van der Waals surface area (Å²) in [6, 6.07) is 11.8. The van der Waals surface area contributed by atoms with Gasteiger partial charge in [0.25, 0.3) is 5.91 Å². The highest BCUT2D eigenvalue weighted by atomic mass is 32.1. The third-order valence-corrected chi connectivity index (χ3v) is 3.81. The standard InChI is InChI=1S/C19H23N3O3S/c1-13(12-24-2)20-19(26)22-21-18(23)9-5-14-4-6-16-11-17(25-3)8-7-15(16)10-14/h4-11,13H,12H2,1-3H3,(H,21,23)(H2,20,22,26)/b9-5+/t13-/m1/s1. The first-order chi connectivity index (χ1) is 12.5. The Bertz CT molecular complexity index is 808. The van der Waals surface area contributed by atoms with Gasteiger partial charge in [0, 0.05) is 19.2 Å². The summed E-state index contributed by atoms with van der Waals surface area (Å²) in [6.45, 7) is 2.44. The average Bonchev–Trinajstić information content (AvgIpc) is 2.64. The number of methoxy groups -OCH3 is 2. The molecule has 0 heterocycles. The molecule has 0 fully saturated rings. The zero-order chi connectivity index (χ0) is 18.9. The SMILES string of the molecule is COC[C@@H](C)NC(=S)NNC(=O)/C=C/c1ccc2cc(OC)ccc2c1. The Labute approximate surface area is 158 Å². The van der Waals surface area contributed by atoms with Crippen molar-refractivity contribution in [2.75, 3.05) is 20.8 Å². The van der Waals surface area contributed by atoms with Crippen molar-refractivity contribution < 1.29 is 14.3 Å². The van der Waals surface area contributed by atoms with Crippen LogP contribution in [0, 0.1) is 0 Å². The molecule has 6 nitrogen and oxygen atoms in total. The molecule has 0 unspecified atom stereocenters. The summed E-state index contributed by atoms with van der Waals surface area (Å²) in [5.74, 6) is 0.513. The van der Waals surface area contributed by atoms with Gasteiger partial charge in [-0.15, -0.1) is 0 Å². The van der Waals surface area contributed by atoms with E-state index in [-0.39, 0.29) is 11.9 Å². The van der Waals surface area contributed by atoms with E-state index in [9.17, 15) is 4.79 Å². The molecule has 0 saturated carbocycles. The predicted molar refractivity (Wildman–Crippen MR) is 108 cm³/mol. The van der Waals surface area contributed by atoms with Crippen LogP contribution >= 0.6 is 12.2 Å². The lowest BCUT2D eigenvalue weighted by Gasteiger charge is -2.15. The maximum absolute atomic E-state index is 11.9. The van der Waals surface area contributed by atoms with Gasteiger partial charge in [-0.3, -0.25) is 15.6 Å². The molecule has 2 aromatic carbocycles. The molecule has 2 aromatic rings. The third kappa shape index (κ3) is 6.02. The number of ether oxygens (including phenoxy) is 2. The number of hydrogen-bond donors (Lipinski definition) is 3. The lowest BCUT2D eigenvalue weighted by atomic mass is 10.1. The van der Waals surface area contributed by atoms with E-state index in [1.807, 2.05) is 43.3 Å². The topological polar surface area (TPSA) is 71.6 Å². The van der Waals surface area contributed by atoms with Gasteiger partial charge >= 0.3 is 0 Å². The second-order valence-corrected chi connectivity index (χ2v) is 6.16. The van der Waals surface area contributed by atoms with Gasteiger partial charge in [-0.25, -0.2) is 0 Å². The number of amides is 1. The van der Waals surface area contributed by atoms with Crippen LogP contribution in [-0.4, -0.2) is 37.9 Å². The Morgan fingerprint density at radius 2 is 1.88 bits per heavy atom. The van der Waals surface area contributed by atoms with Crippen LogP contribution in [0.2, 0.25) is 0 Å². The van der Waals surface area contributed by atoms with Crippen LogP contribution in [0.15, 0.2) is 42.5 Å². The van der Waals surface area contributed by atoms with Crippen LogP contribution in [0.4, 0.5) is 0 Å². The van der Waals surface area contributed by atoms with Gasteiger partial charge in [-0.2, -0.15) is 0 Å². The first-order valence-electron chi connectivity index (χ1n) is 8.13. The van der Waals surface area contributed by atoms with E-state index < -0.39 is 0 Å². The van der Waals surface area contributed by atoms with Gasteiger partial charge in [0.1, 0.15) is 5.75 Å². The van der Waals surface area contributed by atoms with E-state index in [0.717, 1.165) is 22.1 Å². The zero-order valence-corrected chi connectivity index (χ0v) is 15.9. The molecule has 2 rings (SSSR count). The third-order valence-electron chi connectivity index (χ3n) is 3.59. The highest BCUT2D eigenvalue weighted by Gasteiger charge is 2.04. The molecule has 3 N–H and O–H groups in total. The molecule has 1 amide bonds. The second kappa shape index (κ2) is 9.74. The molecule has 0 bridgehead atoms. The Morgan fingerprint density at radius 1 is 1.15 bits per heavy atom. The van der Waals surface area contributed by atoms with Crippen molar-refractivity contribution in [2.24, 2.45) is 0 Å². The number of rotatable bonds is 6. The molecule has 0 aromatic heterocycles. The van der Waals surface area contributed by atoms with Gasteiger partial charge in [0.2, 0.25) is 0 Å². The minimum Gasteiger partial charge on any atom is -0.497 e. The van der Waals surface area contributed by atoms with E-state index in [4.69, 9.17) is 21.7 Å². The molecule has 7 heteroatoms. The van der Waals surface area contributed by atoms with Crippen molar-refractivity contribution in [2.45, 2.75) is 13.0 Å². The molecule has 0 spiro atoms. The number of carbonyl (C=O) groups excluding carboxylic acids is 1. The zero-order valence-electron chi connectivity index (χ0n) is 15.0. The van der Waals surface area contributed by atoms with Crippen molar-refractivity contribution in [3.8, 4) is 5.75 Å². The van der Waals surface area contributed by atoms with Crippen LogP contribution in [0.3, 0.4) is 0 Å². The fourth-order valence-corrected chi connectivity index (χ4v) is 2.61. The van der Waals surface area contributed by atoms with E-state index in [1.54, 1.807) is 20.3 Å². The minimum atomic E-state index is -0.302. The quantitative estimate of drug-likeness (QED) is 0.410. The van der Waals surface area contributed by atoms with Crippen molar-refractivity contribution in [3.63, 3.8) is 0 Å². The summed E-state index contributed by atoms with van der Waals surface area (Å²) in [7, 11) is 3.26. The Morgan fingerprint density at radius 3 is 2.62 bits per heavy atom. The number of thiocarbonyl (C=S) groups is 1. The summed E-state index contributed by atoms with van der Waals surface area (Å²) < 4.78 is 10.2. The molecular weight excluding hydrogens is 350 g/mol. The Balaban J connectivity index is 1.89. The Kier molecular flexibility index (Phi) is 7.37. The van der Waals surface area contributed by atoms with Crippen molar-refractivity contribution >= 4 is 40.1 Å². The highest BCUT2D eigenvalue weighted by Crippen LogP contribution is 2.22. The summed E-state index contributed by atoms with van der Waals surface area (Å²) in [5, 5.41) is 5.47. The number of hydrogen-bond acceptors (Lipinski definition) is 4. The summed E-state index contributed by atoms with van der Waals surface area (Å²) >= 11 is 5.09. The molecule has 0 saturated heterocycles. The van der Waals surface area contributed by atoms with Crippen LogP contribution in [0.1, 0.15) is 12.5 Å². The molecule has 0 radical (unpaired) electrons. The number of carbonyl (C=O) groups is 1. The number of nitrogens with one attached hydrogen (secondary N) is 3. The van der Waals surface area contributed by atoms with Gasteiger partial charge in [0.15, 0.2) is 5.11 Å². The van der Waals surface area contributed by atoms with Gasteiger partial charge in [-0.1, -0.05) is 18.2 Å². The van der Waals surface area contributed by atoms with Crippen LogP contribution in [-0.2, 0) is 9.53 Å². The second-order valence-electron chi connectivity index (χ2n) is 5.75. The fraction of sp³-hybridized carbons (Fsp3) is 0.263. The van der Waals surface area contributed by atoms with Crippen LogP contribution < -0.4 is 20.9 Å². The summed E-state index contributed by atoms with van der Waals surface area (Å²) in [4.78, 5) is 11.9. The van der Waals surface area contributed by atoms with Crippen LogP contribution in [0.25, 0.3) is 16.8 Å². The monoisotopic (exact) mass is 373 g/mol. The van der Waals surface area contributed by atoms with E-state index in [1.165, 1.54) is 6.08 Å². The molecular formula is C19H23N3O3S. The number of benzene rings is 2. The van der Waals surface area contributed by atoms with Crippen molar-refractivity contribution in [3.05, 3.63) is 48.0 Å². The van der Waals surface area contributed by atoms with Crippen molar-refractivity contribution in [1.82, 2.24) is 16.2 Å². The lowest BCUT2D eigenvalue weighted by molar-refractivity contribution is -0.116. The van der Waals surface area contributed by atoms with Gasteiger partial charge < -0.3 is 14.8 Å². The molecule has 0 aliphatic heterocycles. The first kappa shape index (κ1) is 19.7. The Hall–Kier alpha value is -2.64. The van der Waals surface area contributed by atoms with E-state index in [2.05, 4.69) is 16.2 Å². The maximum atomic E-state index is 11.9. The lowest BCUT2D eigenvalue weighted by Crippen LogP contribution is -2.49. The van der Waals surface area contributed by atoms with Gasteiger partial charge in [-0.05, 0) is 59.8 Å². The maximum Gasteiger partial charge on any atom is 0.262 e. The summed E-state index contributed by atoms with van der Waals surface area (Å²) in [6.07, 6.45) is 3.18. The predicted octanol–water partition coefficient (Wildman–Crippen LogP) is 2.39.